The Hall–Kier alpha value is -2.14. The molecule has 1 aromatic carbocycles. The minimum Gasteiger partial charge on any atom is -0.477 e. The predicted octanol–water partition coefficient (Wildman–Crippen LogP) is 2.93. The summed E-state index contributed by atoms with van der Waals surface area (Å²) in [6.45, 7) is 1.84. The van der Waals surface area contributed by atoms with Crippen LogP contribution in [0.4, 0.5) is 0 Å². The van der Waals surface area contributed by atoms with E-state index in [1.54, 1.807) is 18.2 Å². The van der Waals surface area contributed by atoms with Gasteiger partial charge in [0, 0.05) is 11.2 Å². The molecule has 1 aromatic heterocycles. The van der Waals surface area contributed by atoms with Crippen molar-refractivity contribution < 1.29 is 14.6 Å². The Kier molecular flexibility index (Phi) is 3.43. The molecule has 0 fully saturated rings. The molecule has 0 amide bonds. The molecule has 2 rings (SSSR count). The molecule has 6 heteroatoms. The Labute approximate surface area is 108 Å². The number of hydrogen-bond acceptors (Lipinski definition) is 4. The van der Waals surface area contributed by atoms with E-state index < -0.39 is 5.97 Å². The van der Waals surface area contributed by atoms with E-state index in [4.69, 9.17) is 21.4 Å². The van der Waals surface area contributed by atoms with Crippen LogP contribution in [0.15, 0.2) is 30.5 Å². The number of carboxylic acid groups (broad SMARTS) is 1. The quantitative estimate of drug-likeness (QED) is 0.923. The number of aromatic nitrogens is 2. The van der Waals surface area contributed by atoms with Gasteiger partial charge in [0.1, 0.15) is 5.75 Å². The van der Waals surface area contributed by atoms with Crippen molar-refractivity contribution in [1.29, 1.82) is 0 Å². The van der Waals surface area contributed by atoms with Gasteiger partial charge in [-0.05, 0) is 30.7 Å². The third kappa shape index (κ3) is 2.75. The highest BCUT2D eigenvalue weighted by atomic mass is 35.5. The van der Waals surface area contributed by atoms with Gasteiger partial charge in [0.25, 0.3) is 0 Å². The Morgan fingerprint density at radius 1 is 1.39 bits per heavy atom. The number of rotatable bonds is 3. The zero-order valence-electron chi connectivity index (χ0n) is 9.42. The minimum absolute atomic E-state index is 0.0275. The molecule has 0 unspecified atom stereocenters. The maximum Gasteiger partial charge on any atom is 0.354 e. The normalized spacial score (nSPS) is 10.1. The second kappa shape index (κ2) is 5.01. The first-order valence-electron chi connectivity index (χ1n) is 5.06. The van der Waals surface area contributed by atoms with Crippen LogP contribution in [0, 0.1) is 6.92 Å². The summed E-state index contributed by atoms with van der Waals surface area (Å²) in [4.78, 5) is 18.4. The van der Waals surface area contributed by atoms with Gasteiger partial charge in [-0.3, -0.25) is 0 Å². The Morgan fingerprint density at radius 2 is 2.17 bits per heavy atom. The van der Waals surface area contributed by atoms with Crippen molar-refractivity contribution >= 4 is 17.6 Å². The summed E-state index contributed by atoms with van der Waals surface area (Å²) >= 11 is 5.85. The van der Waals surface area contributed by atoms with Gasteiger partial charge in [0.05, 0.1) is 0 Å². The van der Waals surface area contributed by atoms with E-state index in [0.717, 1.165) is 5.56 Å². The van der Waals surface area contributed by atoms with Crippen molar-refractivity contribution in [1.82, 2.24) is 9.97 Å². The number of carbonyl (C=O) groups is 1. The lowest BCUT2D eigenvalue weighted by atomic mass is 10.2. The number of halogens is 1. The zero-order chi connectivity index (χ0) is 13.1. The molecule has 5 nitrogen and oxygen atoms in total. The highest BCUT2D eigenvalue weighted by molar-refractivity contribution is 6.30. The van der Waals surface area contributed by atoms with Gasteiger partial charge in [0.2, 0.25) is 0 Å². The van der Waals surface area contributed by atoms with E-state index in [9.17, 15) is 4.79 Å². The molecule has 92 valence electrons. The fourth-order valence-electron chi connectivity index (χ4n) is 1.29. The second-order valence-corrected chi connectivity index (χ2v) is 3.98. The SMILES string of the molecule is Cc1ccc(Cl)cc1Oc1nccc(C(=O)O)n1. The van der Waals surface area contributed by atoms with E-state index in [0.29, 0.717) is 10.8 Å². The average molecular weight is 265 g/mol. The standard InChI is InChI=1S/C12H9ClN2O3/c1-7-2-3-8(13)6-10(7)18-12-14-5-4-9(15-12)11(16)17/h2-6H,1H3,(H,16,17). The van der Waals surface area contributed by atoms with Crippen molar-refractivity contribution in [2.24, 2.45) is 0 Å². The lowest BCUT2D eigenvalue weighted by Gasteiger charge is -2.07. The first-order chi connectivity index (χ1) is 8.56. The molecule has 0 radical (unpaired) electrons. The Bertz CT molecular complexity index is 602. The molecule has 0 atom stereocenters. The summed E-state index contributed by atoms with van der Waals surface area (Å²) in [5.74, 6) is -0.643. The van der Waals surface area contributed by atoms with E-state index in [-0.39, 0.29) is 11.7 Å². The van der Waals surface area contributed by atoms with E-state index in [2.05, 4.69) is 9.97 Å². The predicted molar refractivity (Wildman–Crippen MR) is 65.3 cm³/mol. The maximum absolute atomic E-state index is 10.8. The van der Waals surface area contributed by atoms with Crippen molar-refractivity contribution in [2.45, 2.75) is 6.92 Å². The van der Waals surface area contributed by atoms with Gasteiger partial charge >= 0.3 is 12.0 Å². The Balaban J connectivity index is 2.31. The van der Waals surface area contributed by atoms with E-state index in [1.165, 1.54) is 12.3 Å². The molecule has 0 saturated heterocycles. The van der Waals surface area contributed by atoms with Crippen LogP contribution in [0.5, 0.6) is 11.8 Å². The second-order valence-electron chi connectivity index (χ2n) is 3.54. The third-order valence-electron chi connectivity index (χ3n) is 2.20. The number of carboxylic acids is 1. The summed E-state index contributed by atoms with van der Waals surface area (Å²) in [6.07, 6.45) is 1.33. The van der Waals surface area contributed by atoms with Crippen LogP contribution >= 0.6 is 11.6 Å². The fourth-order valence-corrected chi connectivity index (χ4v) is 1.45. The maximum atomic E-state index is 10.8. The highest BCUT2D eigenvalue weighted by Gasteiger charge is 2.09. The molecule has 1 N–H and O–H groups in total. The van der Waals surface area contributed by atoms with Gasteiger partial charge in [-0.15, -0.1) is 0 Å². The van der Waals surface area contributed by atoms with Crippen LogP contribution in [0.25, 0.3) is 0 Å². The number of benzene rings is 1. The van der Waals surface area contributed by atoms with Crippen LogP contribution in [-0.4, -0.2) is 21.0 Å². The van der Waals surface area contributed by atoms with Crippen LogP contribution in [0.2, 0.25) is 5.02 Å². The van der Waals surface area contributed by atoms with Crippen molar-refractivity contribution in [2.75, 3.05) is 0 Å². The lowest BCUT2D eigenvalue weighted by molar-refractivity contribution is 0.0689. The molecule has 0 aliphatic rings. The molecule has 2 aromatic rings. The number of nitrogens with zero attached hydrogens (tertiary/aromatic N) is 2. The number of aromatic carboxylic acids is 1. The summed E-state index contributed by atoms with van der Waals surface area (Å²) < 4.78 is 5.41. The fraction of sp³-hybridized carbons (Fsp3) is 0.0833. The summed E-state index contributed by atoms with van der Waals surface area (Å²) in [7, 11) is 0. The average Bonchev–Trinajstić information content (AvgIpc) is 2.34. The molecule has 0 spiro atoms. The first-order valence-corrected chi connectivity index (χ1v) is 5.44. The lowest BCUT2D eigenvalue weighted by Crippen LogP contribution is -2.02. The molecule has 0 aliphatic carbocycles. The van der Waals surface area contributed by atoms with E-state index >= 15 is 0 Å². The van der Waals surface area contributed by atoms with Crippen LogP contribution < -0.4 is 4.74 Å². The summed E-state index contributed by atoms with van der Waals surface area (Å²) in [5, 5.41) is 9.33. The zero-order valence-corrected chi connectivity index (χ0v) is 10.2. The molecule has 0 bridgehead atoms. The largest absolute Gasteiger partial charge is 0.477 e. The summed E-state index contributed by atoms with van der Waals surface area (Å²) in [6, 6.07) is 6.41. The van der Waals surface area contributed by atoms with Crippen molar-refractivity contribution in [3.8, 4) is 11.8 Å². The monoisotopic (exact) mass is 264 g/mol. The number of hydrogen-bond donors (Lipinski definition) is 1. The molecular weight excluding hydrogens is 256 g/mol. The minimum atomic E-state index is -1.13. The molecule has 18 heavy (non-hydrogen) atoms. The summed E-state index contributed by atoms with van der Waals surface area (Å²) in [5.41, 5.74) is 0.725. The highest BCUT2D eigenvalue weighted by Crippen LogP contribution is 2.25. The first kappa shape index (κ1) is 12.3. The molecule has 0 saturated carbocycles. The van der Waals surface area contributed by atoms with Crippen LogP contribution in [0.3, 0.4) is 0 Å². The molecule has 1 heterocycles. The third-order valence-corrected chi connectivity index (χ3v) is 2.44. The molecular formula is C12H9ClN2O3. The van der Waals surface area contributed by atoms with Crippen molar-refractivity contribution in [3.63, 3.8) is 0 Å². The van der Waals surface area contributed by atoms with Crippen LogP contribution in [-0.2, 0) is 0 Å². The van der Waals surface area contributed by atoms with E-state index in [1.807, 2.05) is 6.92 Å². The van der Waals surface area contributed by atoms with Gasteiger partial charge in [-0.25, -0.2) is 9.78 Å². The van der Waals surface area contributed by atoms with Crippen LogP contribution in [0.1, 0.15) is 16.1 Å². The molecule has 0 aliphatic heterocycles. The van der Waals surface area contributed by atoms with Gasteiger partial charge < -0.3 is 9.84 Å². The van der Waals surface area contributed by atoms with Gasteiger partial charge in [0.15, 0.2) is 5.69 Å². The van der Waals surface area contributed by atoms with Gasteiger partial charge in [-0.2, -0.15) is 4.98 Å². The topological polar surface area (TPSA) is 72.3 Å². The smallest absolute Gasteiger partial charge is 0.354 e. The number of aryl methyl sites for hydroxylation is 1. The Morgan fingerprint density at radius 3 is 2.89 bits per heavy atom. The van der Waals surface area contributed by atoms with Crippen molar-refractivity contribution in [3.05, 3.63) is 46.7 Å². The number of ether oxygens (including phenoxy) is 1. The van der Waals surface area contributed by atoms with Gasteiger partial charge in [-0.1, -0.05) is 17.7 Å².